The van der Waals surface area contributed by atoms with Crippen LogP contribution < -0.4 is 0 Å². The van der Waals surface area contributed by atoms with Gasteiger partial charge in [-0.05, 0) is 25.5 Å². The van der Waals surface area contributed by atoms with Gasteiger partial charge in [-0.3, -0.25) is 9.59 Å². The Morgan fingerprint density at radius 2 is 2.00 bits per heavy atom. The molecule has 1 atom stereocenters. The molecule has 3 rings (SSSR count). The Kier molecular flexibility index (Phi) is 4.82. The molecule has 0 unspecified atom stereocenters. The first-order valence-corrected chi connectivity index (χ1v) is 8.76. The molecule has 2 amide bonds. The van der Waals surface area contributed by atoms with Gasteiger partial charge in [0.05, 0.1) is 6.54 Å². The zero-order valence-electron chi connectivity index (χ0n) is 13.4. The van der Waals surface area contributed by atoms with Gasteiger partial charge in [0.1, 0.15) is 22.6 Å². The highest BCUT2D eigenvalue weighted by atomic mass is 35.5. The molecule has 0 aliphatic carbocycles. The predicted molar refractivity (Wildman–Crippen MR) is 91.5 cm³/mol. The fourth-order valence-corrected chi connectivity index (χ4v) is 3.59. The number of hydrogen-bond acceptors (Lipinski definition) is 5. The fraction of sp³-hybridized carbons (Fsp3) is 0.375. The summed E-state index contributed by atoms with van der Waals surface area (Å²) >= 11 is 7.59. The zero-order chi connectivity index (χ0) is 17.3. The number of aromatic nitrogens is 2. The van der Waals surface area contributed by atoms with Gasteiger partial charge >= 0.3 is 0 Å². The van der Waals surface area contributed by atoms with Crippen molar-refractivity contribution in [2.24, 2.45) is 0 Å². The third-order valence-electron chi connectivity index (χ3n) is 3.98. The normalized spacial score (nSPS) is 18.4. The van der Waals surface area contributed by atoms with Gasteiger partial charge in [0, 0.05) is 11.6 Å². The van der Waals surface area contributed by atoms with Crippen molar-refractivity contribution < 1.29 is 9.59 Å². The van der Waals surface area contributed by atoms with E-state index in [-0.39, 0.29) is 18.4 Å². The SMILES string of the molecule is Cc1nnc(CN2C(=O)CN(Cc3ccccc3Cl)C(=O)[C@@H]2C)s1. The van der Waals surface area contributed by atoms with Crippen molar-refractivity contribution >= 4 is 34.8 Å². The minimum Gasteiger partial charge on any atom is -0.327 e. The van der Waals surface area contributed by atoms with Gasteiger partial charge in [-0.15, -0.1) is 10.2 Å². The maximum absolute atomic E-state index is 12.6. The van der Waals surface area contributed by atoms with Crippen LogP contribution in [0.2, 0.25) is 5.02 Å². The number of aryl methyl sites for hydroxylation is 1. The van der Waals surface area contributed by atoms with Gasteiger partial charge in [-0.1, -0.05) is 41.1 Å². The first-order chi connectivity index (χ1) is 11.5. The van der Waals surface area contributed by atoms with Crippen molar-refractivity contribution in [2.45, 2.75) is 33.0 Å². The lowest BCUT2D eigenvalue weighted by Crippen LogP contribution is -2.58. The number of carbonyl (C=O) groups is 2. The lowest BCUT2D eigenvalue weighted by Gasteiger charge is -2.38. The Morgan fingerprint density at radius 1 is 1.25 bits per heavy atom. The van der Waals surface area contributed by atoms with Crippen LogP contribution in [0.15, 0.2) is 24.3 Å². The average Bonchev–Trinajstić information content (AvgIpc) is 2.96. The van der Waals surface area contributed by atoms with Crippen LogP contribution in [-0.4, -0.2) is 44.4 Å². The zero-order valence-corrected chi connectivity index (χ0v) is 15.0. The van der Waals surface area contributed by atoms with Crippen LogP contribution in [0.3, 0.4) is 0 Å². The maximum Gasteiger partial charge on any atom is 0.245 e. The molecule has 1 aliphatic rings. The first-order valence-electron chi connectivity index (χ1n) is 7.56. The van der Waals surface area contributed by atoms with Crippen LogP contribution in [0.4, 0.5) is 0 Å². The van der Waals surface area contributed by atoms with E-state index in [0.717, 1.165) is 15.6 Å². The summed E-state index contributed by atoms with van der Waals surface area (Å²) in [5, 5.41) is 10.2. The largest absolute Gasteiger partial charge is 0.327 e. The summed E-state index contributed by atoms with van der Waals surface area (Å²) < 4.78 is 0. The minimum absolute atomic E-state index is 0.0478. The molecule has 0 spiro atoms. The molecule has 1 fully saturated rings. The van der Waals surface area contributed by atoms with Crippen molar-refractivity contribution in [1.82, 2.24) is 20.0 Å². The van der Waals surface area contributed by atoms with Gasteiger partial charge in [0.25, 0.3) is 0 Å². The number of hydrogen-bond donors (Lipinski definition) is 0. The summed E-state index contributed by atoms with van der Waals surface area (Å²) in [6.07, 6.45) is 0. The Labute approximate surface area is 149 Å². The lowest BCUT2D eigenvalue weighted by molar-refractivity contribution is -0.156. The van der Waals surface area contributed by atoms with Crippen LogP contribution in [0.1, 0.15) is 22.5 Å². The van der Waals surface area contributed by atoms with E-state index in [1.54, 1.807) is 22.8 Å². The van der Waals surface area contributed by atoms with Crippen molar-refractivity contribution in [1.29, 1.82) is 0 Å². The highest BCUT2D eigenvalue weighted by Crippen LogP contribution is 2.22. The topological polar surface area (TPSA) is 66.4 Å². The number of benzene rings is 1. The molecule has 2 aromatic rings. The van der Waals surface area contributed by atoms with E-state index in [4.69, 9.17) is 11.6 Å². The molecule has 0 N–H and O–H groups in total. The molecule has 0 saturated carbocycles. The van der Waals surface area contributed by atoms with Crippen LogP contribution in [0.5, 0.6) is 0 Å². The molecule has 0 radical (unpaired) electrons. The number of amides is 2. The van der Waals surface area contributed by atoms with Crippen LogP contribution >= 0.6 is 22.9 Å². The minimum atomic E-state index is -0.530. The molecule has 24 heavy (non-hydrogen) atoms. The second kappa shape index (κ2) is 6.86. The fourth-order valence-electron chi connectivity index (χ4n) is 2.68. The monoisotopic (exact) mass is 364 g/mol. The molecular formula is C16H17ClN4O2S. The smallest absolute Gasteiger partial charge is 0.245 e. The van der Waals surface area contributed by atoms with E-state index in [9.17, 15) is 9.59 Å². The second-order valence-electron chi connectivity index (χ2n) is 5.70. The average molecular weight is 365 g/mol. The Balaban J connectivity index is 1.73. The van der Waals surface area contributed by atoms with Gasteiger partial charge in [0.15, 0.2) is 0 Å². The van der Waals surface area contributed by atoms with Crippen molar-refractivity contribution in [3.8, 4) is 0 Å². The summed E-state index contributed by atoms with van der Waals surface area (Å²) in [7, 11) is 0. The number of halogens is 1. The van der Waals surface area contributed by atoms with Gasteiger partial charge < -0.3 is 9.80 Å². The number of carbonyl (C=O) groups excluding carboxylic acids is 2. The third kappa shape index (κ3) is 3.42. The molecule has 126 valence electrons. The number of rotatable bonds is 4. The van der Waals surface area contributed by atoms with Crippen LogP contribution in [0.25, 0.3) is 0 Å². The van der Waals surface area contributed by atoms with E-state index in [0.29, 0.717) is 18.1 Å². The van der Waals surface area contributed by atoms with Gasteiger partial charge in [-0.2, -0.15) is 0 Å². The number of piperazine rings is 1. The molecule has 1 aromatic carbocycles. The van der Waals surface area contributed by atoms with Crippen molar-refractivity contribution in [3.05, 3.63) is 44.9 Å². The highest BCUT2D eigenvalue weighted by molar-refractivity contribution is 7.11. The molecule has 1 aliphatic heterocycles. The van der Waals surface area contributed by atoms with Crippen molar-refractivity contribution in [2.75, 3.05) is 6.54 Å². The summed E-state index contributed by atoms with van der Waals surface area (Å²) in [6, 6.07) is 6.81. The molecule has 2 heterocycles. The van der Waals surface area contributed by atoms with Crippen LogP contribution in [0, 0.1) is 6.92 Å². The molecule has 1 aromatic heterocycles. The quantitative estimate of drug-likeness (QED) is 0.834. The Morgan fingerprint density at radius 3 is 2.67 bits per heavy atom. The summed E-state index contributed by atoms with van der Waals surface area (Å²) in [5.74, 6) is -0.183. The highest BCUT2D eigenvalue weighted by Gasteiger charge is 2.37. The van der Waals surface area contributed by atoms with E-state index >= 15 is 0 Å². The maximum atomic E-state index is 12.6. The van der Waals surface area contributed by atoms with Crippen LogP contribution in [-0.2, 0) is 22.7 Å². The van der Waals surface area contributed by atoms with E-state index in [2.05, 4.69) is 10.2 Å². The second-order valence-corrected chi connectivity index (χ2v) is 7.37. The summed E-state index contributed by atoms with van der Waals surface area (Å²) in [4.78, 5) is 28.3. The molecule has 8 heteroatoms. The summed E-state index contributed by atoms with van der Waals surface area (Å²) in [6.45, 7) is 4.30. The molecular weight excluding hydrogens is 348 g/mol. The molecule has 1 saturated heterocycles. The van der Waals surface area contributed by atoms with Gasteiger partial charge in [-0.25, -0.2) is 0 Å². The Bertz CT molecular complexity index is 779. The molecule has 6 nitrogen and oxygen atoms in total. The van der Waals surface area contributed by atoms with E-state index in [1.165, 1.54) is 11.3 Å². The Hall–Kier alpha value is -1.99. The van der Waals surface area contributed by atoms with E-state index in [1.807, 2.05) is 25.1 Å². The first kappa shape index (κ1) is 16.9. The van der Waals surface area contributed by atoms with Gasteiger partial charge in [0.2, 0.25) is 11.8 Å². The number of nitrogens with zero attached hydrogens (tertiary/aromatic N) is 4. The van der Waals surface area contributed by atoms with E-state index < -0.39 is 6.04 Å². The summed E-state index contributed by atoms with van der Waals surface area (Å²) in [5.41, 5.74) is 0.834. The lowest BCUT2D eigenvalue weighted by atomic mass is 10.1. The molecule has 0 bridgehead atoms. The third-order valence-corrected chi connectivity index (χ3v) is 5.17. The van der Waals surface area contributed by atoms with Crippen molar-refractivity contribution in [3.63, 3.8) is 0 Å². The standard InChI is InChI=1S/C16H17ClN4O2S/c1-10-16(23)20(7-12-5-3-4-6-13(12)17)9-15(22)21(10)8-14-19-18-11(2)24-14/h3-6,10H,7-9H2,1-2H3/t10-/m0/s1. The predicted octanol–water partition coefficient (Wildman–Crippen LogP) is 2.26.